The van der Waals surface area contributed by atoms with Crippen molar-refractivity contribution in [3.05, 3.63) is 21.9 Å². The molecule has 1 aromatic rings. The summed E-state index contributed by atoms with van der Waals surface area (Å²) < 4.78 is 5.66. The van der Waals surface area contributed by atoms with Crippen LogP contribution in [-0.2, 0) is 22.5 Å². The molecule has 0 radical (unpaired) electrons. The fourth-order valence-electron chi connectivity index (χ4n) is 2.85. The van der Waals surface area contributed by atoms with Crippen molar-refractivity contribution >= 4 is 29.7 Å². The number of rotatable bonds is 6. The molecule has 1 aromatic heterocycles. The molecule has 0 spiro atoms. The van der Waals surface area contributed by atoms with Crippen LogP contribution in [0.4, 0.5) is 0 Å². The quantitative estimate of drug-likeness (QED) is 0.832. The highest BCUT2D eigenvalue weighted by Gasteiger charge is 2.62. The Bertz CT molecular complexity index is 518. The van der Waals surface area contributed by atoms with E-state index < -0.39 is 5.54 Å². The molecule has 1 amide bonds. The third-order valence-corrected chi connectivity index (χ3v) is 5.95. The standard InChI is InChI=1S/C16H26N2O2S.ClH/c1-5-11-7-8-12(21-11)10-18-14(19)16(17)9-13(20-6-2)15(16,3)4;/h7-8,13H,5-6,9-10,17H2,1-4H3,(H,18,19);1H. The van der Waals surface area contributed by atoms with Gasteiger partial charge >= 0.3 is 0 Å². The highest BCUT2D eigenvalue weighted by molar-refractivity contribution is 7.11. The van der Waals surface area contributed by atoms with E-state index in [1.54, 1.807) is 11.3 Å². The molecule has 22 heavy (non-hydrogen) atoms. The maximum Gasteiger partial charge on any atom is 0.241 e. The van der Waals surface area contributed by atoms with Crippen LogP contribution in [-0.4, -0.2) is 24.2 Å². The molecule has 1 aliphatic carbocycles. The minimum Gasteiger partial charge on any atom is -0.378 e. The third-order valence-electron chi connectivity index (χ3n) is 4.72. The molecule has 2 unspecified atom stereocenters. The number of thiophene rings is 1. The van der Waals surface area contributed by atoms with E-state index in [9.17, 15) is 4.79 Å². The molecular weight excluding hydrogens is 320 g/mol. The van der Waals surface area contributed by atoms with Crippen LogP contribution < -0.4 is 11.1 Å². The summed E-state index contributed by atoms with van der Waals surface area (Å²) >= 11 is 1.74. The number of aryl methyl sites for hydroxylation is 1. The molecule has 2 rings (SSSR count). The number of carbonyl (C=O) groups excluding carboxylic acids is 1. The molecule has 6 heteroatoms. The van der Waals surface area contributed by atoms with Gasteiger partial charge in [-0.3, -0.25) is 4.79 Å². The van der Waals surface area contributed by atoms with E-state index >= 15 is 0 Å². The van der Waals surface area contributed by atoms with Crippen molar-refractivity contribution in [2.75, 3.05) is 6.61 Å². The Hall–Kier alpha value is -0.620. The fraction of sp³-hybridized carbons (Fsp3) is 0.688. The van der Waals surface area contributed by atoms with Gasteiger partial charge in [0.05, 0.1) is 12.6 Å². The van der Waals surface area contributed by atoms with Gasteiger partial charge in [-0.15, -0.1) is 23.7 Å². The number of nitrogens with one attached hydrogen (secondary N) is 1. The first kappa shape index (κ1) is 19.4. The lowest BCUT2D eigenvalue weighted by molar-refractivity contribution is -0.170. The number of halogens is 1. The number of amides is 1. The van der Waals surface area contributed by atoms with Gasteiger partial charge in [-0.25, -0.2) is 0 Å². The third kappa shape index (κ3) is 3.32. The molecule has 0 saturated heterocycles. The molecule has 0 aromatic carbocycles. The first-order valence-electron chi connectivity index (χ1n) is 7.61. The highest BCUT2D eigenvalue weighted by Crippen LogP contribution is 2.49. The van der Waals surface area contributed by atoms with Crippen LogP contribution in [0.5, 0.6) is 0 Å². The van der Waals surface area contributed by atoms with E-state index in [-0.39, 0.29) is 29.8 Å². The molecule has 3 N–H and O–H groups in total. The van der Waals surface area contributed by atoms with Crippen LogP contribution in [0.25, 0.3) is 0 Å². The molecule has 1 fully saturated rings. The average Bonchev–Trinajstić information content (AvgIpc) is 2.92. The Labute approximate surface area is 143 Å². The maximum absolute atomic E-state index is 12.5. The van der Waals surface area contributed by atoms with Gasteiger partial charge in [0.2, 0.25) is 5.91 Å². The normalized spacial score (nSPS) is 26.0. The first-order chi connectivity index (χ1) is 9.85. The van der Waals surface area contributed by atoms with Gasteiger partial charge in [0.15, 0.2) is 0 Å². The van der Waals surface area contributed by atoms with Crippen molar-refractivity contribution < 1.29 is 9.53 Å². The van der Waals surface area contributed by atoms with Crippen molar-refractivity contribution in [2.45, 2.75) is 58.7 Å². The average molecular weight is 347 g/mol. The summed E-state index contributed by atoms with van der Waals surface area (Å²) in [5.74, 6) is -0.0742. The topological polar surface area (TPSA) is 64.3 Å². The number of carbonyl (C=O) groups is 1. The molecule has 126 valence electrons. The van der Waals surface area contributed by atoms with Crippen molar-refractivity contribution in [3.8, 4) is 0 Å². The smallest absolute Gasteiger partial charge is 0.241 e. The van der Waals surface area contributed by atoms with Gasteiger partial charge in [0.25, 0.3) is 0 Å². The predicted octanol–water partition coefficient (Wildman–Crippen LogP) is 2.88. The van der Waals surface area contributed by atoms with Gasteiger partial charge in [0, 0.05) is 28.2 Å². The molecule has 0 aliphatic heterocycles. The van der Waals surface area contributed by atoms with Crippen LogP contribution in [0.1, 0.15) is 43.9 Å². The second-order valence-electron chi connectivity index (χ2n) is 6.25. The number of nitrogens with two attached hydrogens (primary N) is 1. The Morgan fingerprint density at radius 3 is 2.55 bits per heavy atom. The zero-order valence-corrected chi connectivity index (χ0v) is 15.4. The fourth-order valence-corrected chi connectivity index (χ4v) is 3.75. The lowest BCUT2D eigenvalue weighted by Crippen LogP contribution is -2.75. The zero-order chi connectivity index (χ0) is 15.7. The van der Waals surface area contributed by atoms with Crippen molar-refractivity contribution in [1.82, 2.24) is 5.32 Å². The molecule has 2 atom stereocenters. The van der Waals surface area contributed by atoms with Crippen LogP contribution in [0.15, 0.2) is 12.1 Å². The van der Waals surface area contributed by atoms with Gasteiger partial charge in [-0.1, -0.05) is 20.8 Å². The van der Waals surface area contributed by atoms with Crippen molar-refractivity contribution in [1.29, 1.82) is 0 Å². The largest absolute Gasteiger partial charge is 0.378 e. The summed E-state index contributed by atoms with van der Waals surface area (Å²) in [7, 11) is 0. The maximum atomic E-state index is 12.5. The molecule has 0 bridgehead atoms. The van der Waals surface area contributed by atoms with E-state index in [1.807, 2.05) is 20.8 Å². The van der Waals surface area contributed by atoms with Crippen molar-refractivity contribution in [2.24, 2.45) is 11.1 Å². The monoisotopic (exact) mass is 346 g/mol. The Kier molecular flexibility index (Phi) is 6.45. The van der Waals surface area contributed by atoms with E-state index in [0.717, 1.165) is 6.42 Å². The second kappa shape index (κ2) is 7.30. The summed E-state index contributed by atoms with van der Waals surface area (Å²) in [4.78, 5) is 15.0. The Morgan fingerprint density at radius 1 is 1.41 bits per heavy atom. The van der Waals surface area contributed by atoms with Gasteiger partial charge < -0.3 is 15.8 Å². The minimum absolute atomic E-state index is 0. The summed E-state index contributed by atoms with van der Waals surface area (Å²) in [5.41, 5.74) is 5.18. The predicted molar refractivity (Wildman–Crippen MR) is 93.5 cm³/mol. The number of hydrogen-bond acceptors (Lipinski definition) is 4. The van der Waals surface area contributed by atoms with Crippen molar-refractivity contribution in [3.63, 3.8) is 0 Å². The molecule has 1 heterocycles. The summed E-state index contributed by atoms with van der Waals surface area (Å²) in [6.45, 7) is 9.33. The zero-order valence-electron chi connectivity index (χ0n) is 13.8. The molecule has 1 aliphatic rings. The number of hydrogen-bond donors (Lipinski definition) is 2. The van der Waals surface area contributed by atoms with E-state index in [2.05, 4.69) is 24.4 Å². The second-order valence-corrected chi connectivity index (χ2v) is 7.50. The molecule has 4 nitrogen and oxygen atoms in total. The van der Waals surface area contributed by atoms with E-state index in [1.165, 1.54) is 9.75 Å². The SMILES string of the molecule is CCOC1CC(N)(C(=O)NCc2ccc(CC)s2)C1(C)C.Cl. The van der Waals surface area contributed by atoms with Gasteiger partial charge in [-0.05, 0) is 25.5 Å². The van der Waals surface area contributed by atoms with E-state index in [0.29, 0.717) is 19.6 Å². The summed E-state index contributed by atoms with van der Waals surface area (Å²) in [5, 5.41) is 2.99. The molecule has 1 saturated carbocycles. The lowest BCUT2D eigenvalue weighted by Gasteiger charge is -2.57. The Morgan fingerprint density at radius 2 is 2.05 bits per heavy atom. The van der Waals surface area contributed by atoms with Gasteiger partial charge in [0.1, 0.15) is 5.54 Å². The molecular formula is C16H27ClN2O2S. The lowest BCUT2D eigenvalue weighted by atomic mass is 9.54. The minimum atomic E-state index is -0.836. The van der Waals surface area contributed by atoms with Crippen LogP contribution in [0.2, 0.25) is 0 Å². The first-order valence-corrected chi connectivity index (χ1v) is 8.43. The highest BCUT2D eigenvalue weighted by atomic mass is 35.5. The summed E-state index contributed by atoms with van der Waals surface area (Å²) in [6.07, 6.45) is 1.68. The van der Waals surface area contributed by atoms with E-state index in [4.69, 9.17) is 10.5 Å². The Balaban J connectivity index is 0.00000242. The van der Waals surface area contributed by atoms with Gasteiger partial charge in [-0.2, -0.15) is 0 Å². The summed E-state index contributed by atoms with van der Waals surface area (Å²) in [6, 6.07) is 4.19. The van der Waals surface area contributed by atoms with Crippen LogP contribution in [0, 0.1) is 5.41 Å². The van der Waals surface area contributed by atoms with Crippen LogP contribution >= 0.6 is 23.7 Å². The van der Waals surface area contributed by atoms with Crippen LogP contribution in [0.3, 0.4) is 0 Å². The number of ether oxygens (including phenoxy) is 1.